The maximum atomic E-state index is 12.5. The molecular weight excluding hydrogens is 322 g/mol. The van der Waals surface area contributed by atoms with Crippen LogP contribution in [0.4, 0.5) is 0 Å². The highest BCUT2D eigenvalue weighted by Crippen LogP contribution is 2.18. The third-order valence-corrected chi connectivity index (χ3v) is 5.02. The highest BCUT2D eigenvalue weighted by molar-refractivity contribution is 7.16. The van der Waals surface area contributed by atoms with Crippen molar-refractivity contribution in [3.8, 4) is 0 Å². The Hall–Kier alpha value is -2.73. The smallest absolute Gasteiger partial charge is 0.289 e. The van der Waals surface area contributed by atoms with Crippen LogP contribution >= 0.6 is 11.3 Å². The Kier molecular flexibility index (Phi) is 3.74. The fraction of sp³-hybridized carbons (Fsp3) is 0.167. The summed E-state index contributed by atoms with van der Waals surface area (Å²) in [5.41, 5.74) is 2.74. The van der Waals surface area contributed by atoms with Crippen molar-refractivity contribution in [1.82, 2.24) is 9.58 Å². The zero-order chi connectivity index (χ0) is 16.5. The van der Waals surface area contributed by atoms with E-state index in [1.54, 1.807) is 0 Å². The third kappa shape index (κ3) is 2.65. The Labute approximate surface area is 142 Å². The van der Waals surface area contributed by atoms with Gasteiger partial charge in [-0.05, 0) is 17.7 Å². The Morgan fingerprint density at radius 1 is 1.08 bits per heavy atom. The number of aromatic nitrogens is 1. The summed E-state index contributed by atoms with van der Waals surface area (Å²) < 4.78 is 2.42. The molecule has 0 unspecified atom stereocenters. The normalized spacial score (nSPS) is 14.2. The molecule has 0 N–H and O–H groups in total. The Balaban J connectivity index is 1.58. The van der Waals surface area contributed by atoms with Crippen molar-refractivity contribution in [3.63, 3.8) is 0 Å². The van der Waals surface area contributed by atoms with Crippen LogP contribution in [-0.2, 0) is 11.3 Å². The number of hydrazone groups is 1. The van der Waals surface area contributed by atoms with E-state index in [0.29, 0.717) is 6.54 Å². The van der Waals surface area contributed by atoms with Gasteiger partial charge >= 0.3 is 4.87 Å². The minimum absolute atomic E-state index is 0.0222. The lowest BCUT2D eigenvalue weighted by molar-refractivity contribution is -0.131. The molecule has 24 heavy (non-hydrogen) atoms. The number of hydrogen-bond donors (Lipinski definition) is 0. The van der Waals surface area contributed by atoms with Crippen LogP contribution < -0.4 is 4.87 Å². The largest absolute Gasteiger partial charge is 0.308 e. The van der Waals surface area contributed by atoms with Gasteiger partial charge in [-0.25, -0.2) is 5.01 Å². The van der Waals surface area contributed by atoms with Gasteiger partial charge in [0.25, 0.3) is 5.91 Å². The summed E-state index contributed by atoms with van der Waals surface area (Å²) >= 11 is 1.16. The summed E-state index contributed by atoms with van der Waals surface area (Å²) in [5, 5.41) is 5.91. The second-order valence-corrected chi connectivity index (χ2v) is 6.59. The molecule has 0 fully saturated rings. The zero-order valence-electron chi connectivity index (χ0n) is 12.9. The van der Waals surface area contributed by atoms with Gasteiger partial charge in [0.2, 0.25) is 0 Å². The molecule has 0 bridgehead atoms. The van der Waals surface area contributed by atoms with Crippen molar-refractivity contribution in [1.29, 1.82) is 0 Å². The van der Waals surface area contributed by atoms with E-state index in [1.807, 2.05) is 54.6 Å². The Morgan fingerprint density at radius 3 is 2.67 bits per heavy atom. The number of para-hydroxylation sites is 1. The monoisotopic (exact) mass is 337 g/mol. The predicted molar refractivity (Wildman–Crippen MR) is 95.4 cm³/mol. The van der Waals surface area contributed by atoms with Crippen LogP contribution in [0, 0.1) is 0 Å². The van der Waals surface area contributed by atoms with E-state index in [2.05, 4.69) is 5.10 Å². The molecule has 0 saturated carbocycles. The first kappa shape index (κ1) is 14.8. The second kappa shape index (κ2) is 6.05. The number of fused-ring (bicyclic) bond motifs is 1. The summed E-state index contributed by atoms with van der Waals surface area (Å²) in [6.07, 6.45) is 0.731. The van der Waals surface area contributed by atoms with Gasteiger partial charge in [0, 0.05) is 6.42 Å². The van der Waals surface area contributed by atoms with Crippen molar-refractivity contribution >= 4 is 33.2 Å². The van der Waals surface area contributed by atoms with Gasteiger partial charge in [0.1, 0.15) is 6.54 Å². The number of carbonyl (C=O) groups is 1. The highest BCUT2D eigenvalue weighted by Gasteiger charge is 2.22. The van der Waals surface area contributed by atoms with Gasteiger partial charge in [0.15, 0.2) is 0 Å². The fourth-order valence-corrected chi connectivity index (χ4v) is 3.74. The first-order valence-corrected chi connectivity index (χ1v) is 8.56. The van der Waals surface area contributed by atoms with Gasteiger partial charge in [-0.2, -0.15) is 5.10 Å². The Morgan fingerprint density at radius 2 is 1.83 bits per heavy atom. The molecule has 0 atom stereocenters. The van der Waals surface area contributed by atoms with Crippen molar-refractivity contribution in [3.05, 3.63) is 69.8 Å². The van der Waals surface area contributed by atoms with Gasteiger partial charge < -0.3 is 0 Å². The maximum absolute atomic E-state index is 12.5. The molecular formula is C18H15N3O2S. The molecule has 6 heteroatoms. The Bertz CT molecular complexity index is 988. The molecule has 0 aliphatic carbocycles. The number of hydrogen-bond acceptors (Lipinski definition) is 4. The minimum Gasteiger partial charge on any atom is -0.289 e. The molecule has 0 radical (unpaired) electrons. The van der Waals surface area contributed by atoms with Crippen LogP contribution in [0.25, 0.3) is 10.2 Å². The van der Waals surface area contributed by atoms with Gasteiger partial charge in [-0.3, -0.25) is 14.2 Å². The number of benzene rings is 2. The fourth-order valence-electron chi connectivity index (χ4n) is 2.85. The highest BCUT2D eigenvalue weighted by atomic mass is 32.1. The van der Waals surface area contributed by atoms with Crippen molar-refractivity contribution in [2.45, 2.75) is 13.0 Å². The van der Waals surface area contributed by atoms with E-state index >= 15 is 0 Å². The van der Waals surface area contributed by atoms with Gasteiger partial charge in [0.05, 0.1) is 22.5 Å². The number of rotatable bonds is 3. The van der Waals surface area contributed by atoms with Crippen LogP contribution in [-0.4, -0.2) is 27.7 Å². The van der Waals surface area contributed by atoms with Crippen molar-refractivity contribution in [2.75, 3.05) is 6.54 Å². The number of thiazole rings is 1. The molecule has 4 rings (SSSR count). The molecule has 1 aliphatic rings. The van der Waals surface area contributed by atoms with Gasteiger partial charge in [-0.1, -0.05) is 53.8 Å². The SMILES string of the molecule is O=C(Cn1c(=O)sc2ccccc21)N1CCC(c2ccccc2)=N1. The zero-order valence-corrected chi connectivity index (χ0v) is 13.7. The van der Waals surface area contributed by atoms with E-state index in [0.717, 1.165) is 39.2 Å². The van der Waals surface area contributed by atoms with Crippen molar-refractivity contribution < 1.29 is 4.79 Å². The molecule has 3 aromatic rings. The molecule has 0 saturated heterocycles. The quantitative estimate of drug-likeness (QED) is 0.738. The van der Waals surface area contributed by atoms with Crippen LogP contribution in [0.2, 0.25) is 0 Å². The molecule has 2 aromatic carbocycles. The molecule has 1 aromatic heterocycles. The number of amides is 1. The average molecular weight is 337 g/mol. The van der Waals surface area contributed by atoms with E-state index in [9.17, 15) is 9.59 Å². The number of carbonyl (C=O) groups excluding carboxylic acids is 1. The second-order valence-electron chi connectivity index (χ2n) is 5.60. The summed E-state index contributed by atoms with van der Waals surface area (Å²) in [5.74, 6) is -0.161. The molecule has 1 aliphatic heterocycles. The lowest BCUT2D eigenvalue weighted by Gasteiger charge is -2.11. The lowest BCUT2D eigenvalue weighted by Crippen LogP contribution is -2.30. The summed E-state index contributed by atoms with van der Waals surface area (Å²) in [6.45, 7) is 0.578. The standard InChI is InChI=1S/C18H15N3O2S/c22-17(12-20-15-8-4-5-9-16(15)24-18(20)23)21-11-10-14(19-21)13-6-2-1-3-7-13/h1-9H,10-12H2. The van der Waals surface area contributed by atoms with Crippen LogP contribution in [0.15, 0.2) is 64.5 Å². The molecule has 120 valence electrons. The van der Waals surface area contributed by atoms with E-state index in [-0.39, 0.29) is 17.3 Å². The van der Waals surface area contributed by atoms with E-state index in [4.69, 9.17) is 0 Å². The topological polar surface area (TPSA) is 54.7 Å². The maximum Gasteiger partial charge on any atom is 0.308 e. The summed E-state index contributed by atoms with van der Waals surface area (Å²) in [6, 6.07) is 17.4. The van der Waals surface area contributed by atoms with E-state index in [1.165, 1.54) is 9.58 Å². The lowest BCUT2D eigenvalue weighted by atomic mass is 10.1. The first-order valence-electron chi connectivity index (χ1n) is 7.74. The predicted octanol–water partition coefficient (Wildman–Crippen LogP) is 2.70. The van der Waals surface area contributed by atoms with Gasteiger partial charge in [-0.15, -0.1) is 0 Å². The molecule has 1 amide bonds. The summed E-state index contributed by atoms with van der Waals surface area (Å²) in [4.78, 5) is 24.6. The minimum atomic E-state index is -0.161. The molecule has 5 nitrogen and oxygen atoms in total. The molecule has 0 spiro atoms. The molecule has 2 heterocycles. The van der Waals surface area contributed by atoms with Crippen LogP contribution in [0.1, 0.15) is 12.0 Å². The van der Waals surface area contributed by atoms with E-state index < -0.39 is 0 Å². The van der Waals surface area contributed by atoms with Crippen LogP contribution in [0.5, 0.6) is 0 Å². The number of nitrogens with zero attached hydrogens (tertiary/aromatic N) is 3. The van der Waals surface area contributed by atoms with Crippen LogP contribution in [0.3, 0.4) is 0 Å². The van der Waals surface area contributed by atoms with Crippen molar-refractivity contribution in [2.24, 2.45) is 5.10 Å². The third-order valence-electron chi connectivity index (χ3n) is 4.06. The summed E-state index contributed by atoms with van der Waals surface area (Å²) in [7, 11) is 0. The first-order chi connectivity index (χ1) is 11.7. The average Bonchev–Trinajstić information content (AvgIpc) is 3.21.